The number of aliphatic hydroxyl groups excluding tert-OH is 1. The number of nitrogens with two attached hydrogens (primary N) is 1. The zero-order valence-electron chi connectivity index (χ0n) is 19.9. The van der Waals surface area contributed by atoms with Crippen molar-refractivity contribution in [1.29, 1.82) is 0 Å². The van der Waals surface area contributed by atoms with Crippen LogP contribution in [0.15, 0.2) is 76.8 Å². The van der Waals surface area contributed by atoms with E-state index in [1.807, 2.05) is 4.57 Å². The van der Waals surface area contributed by atoms with Crippen LogP contribution in [-0.2, 0) is 4.74 Å². The van der Waals surface area contributed by atoms with E-state index in [0.717, 1.165) is 31.6 Å². The van der Waals surface area contributed by atoms with Gasteiger partial charge in [-0.3, -0.25) is 4.57 Å². The monoisotopic (exact) mass is 492 g/mol. The number of rotatable bonds is 9. The molecule has 0 bridgehead atoms. The largest absolute Gasteiger partial charge is 0.394 e. The number of hydrogen-bond acceptors (Lipinski definition) is 7. The SMILES string of the molecule is CS(CCCNc1ncnc2c1nc(N)n2C1CCC(CO)O1)(c1ccccc1)c1ccccc1. The minimum absolute atomic E-state index is 0.00229. The summed E-state index contributed by atoms with van der Waals surface area (Å²) in [4.78, 5) is 16.2. The van der Waals surface area contributed by atoms with Gasteiger partial charge in [0.25, 0.3) is 0 Å². The Bertz CT molecular complexity index is 1230. The number of anilines is 2. The molecule has 3 heterocycles. The van der Waals surface area contributed by atoms with Crippen LogP contribution < -0.4 is 11.1 Å². The van der Waals surface area contributed by atoms with Gasteiger partial charge in [-0.15, -0.1) is 0 Å². The molecule has 1 fully saturated rings. The van der Waals surface area contributed by atoms with Crippen molar-refractivity contribution in [3.63, 3.8) is 0 Å². The quantitative estimate of drug-likeness (QED) is 0.296. The molecule has 0 aliphatic carbocycles. The Morgan fingerprint density at radius 3 is 2.37 bits per heavy atom. The molecule has 9 heteroatoms. The van der Waals surface area contributed by atoms with Gasteiger partial charge in [0.1, 0.15) is 12.6 Å². The molecule has 2 atom stereocenters. The summed E-state index contributed by atoms with van der Waals surface area (Å²) in [5.41, 5.74) is 7.53. The maximum Gasteiger partial charge on any atom is 0.204 e. The maximum atomic E-state index is 9.42. The van der Waals surface area contributed by atoms with Gasteiger partial charge in [0.15, 0.2) is 17.0 Å². The Morgan fingerprint density at radius 1 is 1.06 bits per heavy atom. The molecule has 184 valence electrons. The van der Waals surface area contributed by atoms with E-state index < -0.39 is 10.0 Å². The molecule has 0 spiro atoms. The second-order valence-corrected chi connectivity index (χ2v) is 12.4. The molecule has 0 amide bonds. The van der Waals surface area contributed by atoms with Crippen LogP contribution >= 0.6 is 10.0 Å². The number of hydrogen-bond donors (Lipinski definition) is 3. The second-order valence-electron chi connectivity index (χ2n) is 8.91. The van der Waals surface area contributed by atoms with Crippen LogP contribution in [0.1, 0.15) is 25.5 Å². The summed E-state index contributed by atoms with van der Waals surface area (Å²) in [6.07, 6.45) is 5.98. The Morgan fingerprint density at radius 2 is 1.74 bits per heavy atom. The van der Waals surface area contributed by atoms with Crippen molar-refractivity contribution < 1.29 is 9.84 Å². The average molecular weight is 493 g/mol. The molecule has 2 unspecified atom stereocenters. The van der Waals surface area contributed by atoms with Gasteiger partial charge in [-0.25, -0.2) is 15.0 Å². The lowest BCUT2D eigenvalue weighted by molar-refractivity contribution is -0.0196. The van der Waals surface area contributed by atoms with Crippen LogP contribution in [0.5, 0.6) is 0 Å². The minimum atomic E-state index is -1.16. The van der Waals surface area contributed by atoms with Crippen LogP contribution in [0.2, 0.25) is 0 Å². The predicted molar refractivity (Wildman–Crippen MR) is 141 cm³/mol. The first-order chi connectivity index (χ1) is 17.1. The first-order valence-electron chi connectivity index (χ1n) is 11.9. The second kappa shape index (κ2) is 10.2. The van der Waals surface area contributed by atoms with Crippen LogP contribution in [-0.4, -0.2) is 55.9 Å². The lowest BCUT2D eigenvalue weighted by Crippen LogP contribution is -2.16. The zero-order valence-corrected chi connectivity index (χ0v) is 20.7. The molecule has 4 aromatic rings. The molecule has 0 radical (unpaired) electrons. The van der Waals surface area contributed by atoms with Gasteiger partial charge in [0.2, 0.25) is 5.95 Å². The van der Waals surface area contributed by atoms with Gasteiger partial charge >= 0.3 is 0 Å². The lowest BCUT2D eigenvalue weighted by Gasteiger charge is -2.37. The first-order valence-corrected chi connectivity index (χ1v) is 14.2. The van der Waals surface area contributed by atoms with Crippen LogP contribution in [0.25, 0.3) is 11.2 Å². The topological polar surface area (TPSA) is 111 Å². The number of aliphatic hydroxyl groups is 1. The number of nitrogens with zero attached hydrogens (tertiary/aromatic N) is 4. The van der Waals surface area contributed by atoms with Gasteiger partial charge in [-0.1, -0.05) is 36.4 Å². The molecule has 1 aliphatic rings. The highest BCUT2D eigenvalue weighted by Gasteiger charge is 2.30. The summed E-state index contributed by atoms with van der Waals surface area (Å²) in [7, 11) is -1.16. The van der Waals surface area contributed by atoms with E-state index in [4.69, 9.17) is 10.5 Å². The van der Waals surface area contributed by atoms with Gasteiger partial charge in [-0.2, -0.15) is 10.0 Å². The van der Waals surface area contributed by atoms with E-state index in [2.05, 4.69) is 87.2 Å². The van der Waals surface area contributed by atoms with Crippen molar-refractivity contribution in [2.24, 2.45) is 0 Å². The molecule has 35 heavy (non-hydrogen) atoms. The Balaban J connectivity index is 1.31. The van der Waals surface area contributed by atoms with Crippen LogP contribution in [0, 0.1) is 0 Å². The number of aromatic nitrogens is 4. The lowest BCUT2D eigenvalue weighted by atomic mass is 10.2. The molecule has 2 aromatic heterocycles. The van der Waals surface area contributed by atoms with E-state index in [9.17, 15) is 5.11 Å². The zero-order chi connectivity index (χ0) is 24.3. The number of benzene rings is 2. The highest BCUT2D eigenvalue weighted by molar-refractivity contribution is 8.33. The summed E-state index contributed by atoms with van der Waals surface area (Å²) in [5.74, 6) is 2.07. The molecular weight excluding hydrogens is 460 g/mol. The average Bonchev–Trinajstić information content (AvgIpc) is 3.51. The summed E-state index contributed by atoms with van der Waals surface area (Å²) < 4.78 is 7.73. The van der Waals surface area contributed by atoms with Crippen molar-refractivity contribution >= 4 is 33.0 Å². The van der Waals surface area contributed by atoms with Crippen molar-refractivity contribution in [2.45, 2.75) is 41.4 Å². The van der Waals surface area contributed by atoms with Crippen LogP contribution in [0.3, 0.4) is 0 Å². The molecule has 5 rings (SSSR count). The number of ether oxygens (including phenoxy) is 1. The molecule has 2 aromatic carbocycles. The van der Waals surface area contributed by atoms with Gasteiger partial charge < -0.3 is 20.9 Å². The minimum Gasteiger partial charge on any atom is -0.394 e. The van der Waals surface area contributed by atoms with Crippen molar-refractivity contribution in [3.05, 3.63) is 67.0 Å². The molecule has 1 saturated heterocycles. The molecular formula is C26H32N6O2S. The number of nitrogen functional groups attached to an aromatic ring is 1. The third-order valence-corrected chi connectivity index (χ3v) is 10.4. The third-order valence-electron chi connectivity index (χ3n) is 6.63. The third kappa shape index (κ3) is 4.71. The highest BCUT2D eigenvalue weighted by atomic mass is 32.3. The van der Waals surface area contributed by atoms with Crippen molar-refractivity contribution in [1.82, 2.24) is 19.5 Å². The smallest absolute Gasteiger partial charge is 0.204 e. The standard InChI is InChI=1S/C26H32N6O2S/c1-35(20-9-4-2-5-10-20,21-11-6-3-7-12-21)16-8-15-28-24-23-25(30-18-29-24)32(26(27)31-23)22-14-13-19(17-33)34-22/h2-7,9-12,18-19,22,33H,8,13-17H2,1H3,(H2,27,31)(H,28,29,30). The van der Waals surface area contributed by atoms with E-state index in [1.54, 1.807) is 0 Å². The highest BCUT2D eigenvalue weighted by Crippen LogP contribution is 2.59. The first kappa shape index (κ1) is 23.6. The van der Waals surface area contributed by atoms with E-state index in [1.165, 1.54) is 16.1 Å². The van der Waals surface area contributed by atoms with E-state index in [-0.39, 0.29) is 18.9 Å². The fourth-order valence-electron chi connectivity index (χ4n) is 4.73. The Kier molecular flexibility index (Phi) is 6.90. The summed E-state index contributed by atoms with van der Waals surface area (Å²) in [6.45, 7) is 0.755. The Hall–Kier alpha value is -3.14. The molecule has 0 saturated carbocycles. The van der Waals surface area contributed by atoms with E-state index in [0.29, 0.717) is 22.9 Å². The fraction of sp³-hybridized carbons (Fsp3) is 0.346. The molecule has 4 N–H and O–H groups in total. The van der Waals surface area contributed by atoms with Gasteiger partial charge in [0, 0.05) is 6.54 Å². The van der Waals surface area contributed by atoms with Crippen LogP contribution in [0.4, 0.5) is 11.8 Å². The number of fused-ring (bicyclic) bond motifs is 1. The number of nitrogens with one attached hydrogen (secondary N) is 1. The summed E-state index contributed by atoms with van der Waals surface area (Å²) >= 11 is 0. The maximum absolute atomic E-state index is 9.42. The molecule has 8 nitrogen and oxygen atoms in total. The normalized spacial score (nSPS) is 18.7. The molecule has 1 aliphatic heterocycles. The van der Waals surface area contributed by atoms with Crippen molar-refractivity contribution in [3.8, 4) is 0 Å². The predicted octanol–water partition coefficient (Wildman–Crippen LogP) is 4.43. The Labute approximate surface area is 206 Å². The fourth-order valence-corrected chi connectivity index (χ4v) is 7.71. The number of imidazole rings is 1. The summed E-state index contributed by atoms with van der Waals surface area (Å²) in [5, 5.41) is 12.9. The van der Waals surface area contributed by atoms with Gasteiger partial charge in [-0.05, 0) is 65.3 Å². The summed E-state index contributed by atoms with van der Waals surface area (Å²) in [6, 6.07) is 21.6. The van der Waals surface area contributed by atoms with Gasteiger partial charge in [0.05, 0.1) is 12.7 Å². The van der Waals surface area contributed by atoms with Crippen molar-refractivity contribution in [2.75, 3.05) is 36.2 Å². The van der Waals surface area contributed by atoms with E-state index >= 15 is 0 Å².